The van der Waals surface area contributed by atoms with Gasteiger partial charge in [0.15, 0.2) is 13.2 Å². The number of pyridine rings is 2. The molecule has 0 radical (unpaired) electrons. The van der Waals surface area contributed by atoms with Crippen molar-refractivity contribution in [1.29, 1.82) is 0 Å². The van der Waals surface area contributed by atoms with E-state index in [2.05, 4.69) is 69.7 Å². The molecule has 0 fully saturated rings. The summed E-state index contributed by atoms with van der Waals surface area (Å²) in [6, 6.07) is 15.1. The van der Waals surface area contributed by atoms with E-state index in [1.54, 1.807) is 48.1 Å². The van der Waals surface area contributed by atoms with E-state index in [1.165, 1.54) is 0 Å². The lowest BCUT2D eigenvalue weighted by Gasteiger charge is -2.13. The third kappa shape index (κ3) is 11.2. The van der Waals surface area contributed by atoms with Crippen LogP contribution in [0.15, 0.2) is 92.9 Å². The van der Waals surface area contributed by atoms with Crippen molar-refractivity contribution in [2.45, 2.75) is 85.2 Å². The molecule has 0 saturated heterocycles. The van der Waals surface area contributed by atoms with Crippen molar-refractivity contribution in [2.24, 2.45) is 0 Å². The molecule has 6 aromatic rings. The molecule has 4 heterocycles. The standard InChI is InChI=1S/C39H36Cl4N6O3S2/c1-21(2)33-7-23(35(17-44-33)53-31-11-25(40)9-26(41)12-31)5-29-15-46-37(48-29)19-51-39(50)52-20-38-47-16-30(49-38)6-24-8-34(22(3)4)45-18-36(24)54-32-13-27(42)10-28(43)14-32/h7-18,21-22H,5-6,19-20H2,1-4H3,(H,46,48)(H,47,49). The Hall–Kier alpha value is -3.71. The second-order valence-corrected chi connectivity index (χ2v) is 17.0. The molecule has 6 rings (SSSR count). The van der Waals surface area contributed by atoms with Crippen LogP contribution in [0, 0.1) is 0 Å². The van der Waals surface area contributed by atoms with Crippen molar-refractivity contribution < 1.29 is 14.3 Å². The van der Waals surface area contributed by atoms with Gasteiger partial charge in [0.05, 0.1) is 0 Å². The van der Waals surface area contributed by atoms with Gasteiger partial charge in [0.1, 0.15) is 11.6 Å². The van der Waals surface area contributed by atoms with Gasteiger partial charge in [-0.05, 0) is 71.5 Å². The lowest BCUT2D eigenvalue weighted by Crippen LogP contribution is -2.09. The van der Waals surface area contributed by atoms with Gasteiger partial charge < -0.3 is 19.4 Å². The zero-order valence-corrected chi connectivity index (χ0v) is 34.4. The fourth-order valence-electron chi connectivity index (χ4n) is 5.37. The van der Waals surface area contributed by atoms with Crippen LogP contribution < -0.4 is 0 Å². The summed E-state index contributed by atoms with van der Waals surface area (Å²) in [6.45, 7) is 8.24. The summed E-state index contributed by atoms with van der Waals surface area (Å²) < 4.78 is 10.7. The second-order valence-electron chi connectivity index (χ2n) is 13.0. The van der Waals surface area contributed by atoms with Crippen LogP contribution in [0.5, 0.6) is 0 Å². The first-order valence-corrected chi connectivity index (χ1v) is 20.1. The first kappa shape index (κ1) is 40.0. The number of hydrogen-bond donors (Lipinski definition) is 2. The molecule has 0 amide bonds. The van der Waals surface area contributed by atoms with Gasteiger partial charge in [0.2, 0.25) is 0 Å². The van der Waals surface area contributed by atoms with Crippen molar-refractivity contribution >= 4 is 76.1 Å². The molecule has 0 spiro atoms. The number of aromatic amines is 2. The summed E-state index contributed by atoms with van der Waals surface area (Å²) in [6.07, 6.45) is 7.50. The van der Waals surface area contributed by atoms with Gasteiger partial charge >= 0.3 is 6.16 Å². The summed E-state index contributed by atoms with van der Waals surface area (Å²) in [4.78, 5) is 41.0. The van der Waals surface area contributed by atoms with Crippen LogP contribution in [0.4, 0.5) is 4.79 Å². The number of nitrogens with zero attached hydrogens (tertiary/aromatic N) is 4. The molecule has 0 unspecified atom stereocenters. The van der Waals surface area contributed by atoms with E-state index in [0.29, 0.717) is 44.6 Å². The van der Waals surface area contributed by atoms with Gasteiger partial charge in [0, 0.05) is 100 Å². The Morgan fingerprint density at radius 3 is 1.35 bits per heavy atom. The molecular weight excluding hydrogens is 806 g/mol. The molecule has 0 saturated carbocycles. The molecule has 54 heavy (non-hydrogen) atoms. The monoisotopic (exact) mass is 840 g/mol. The molecule has 9 nitrogen and oxygen atoms in total. The Morgan fingerprint density at radius 2 is 0.981 bits per heavy atom. The van der Waals surface area contributed by atoms with E-state index in [1.807, 2.05) is 36.7 Å². The fraction of sp³-hybridized carbons (Fsp3) is 0.256. The van der Waals surface area contributed by atoms with Crippen LogP contribution in [0.2, 0.25) is 20.1 Å². The normalized spacial score (nSPS) is 11.4. The molecule has 2 N–H and O–H groups in total. The molecule has 280 valence electrons. The predicted octanol–water partition coefficient (Wildman–Crippen LogP) is 12.1. The van der Waals surface area contributed by atoms with E-state index in [4.69, 9.17) is 55.9 Å². The zero-order chi connectivity index (χ0) is 38.4. The van der Waals surface area contributed by atoms with Gasteiger partial charge in [-0.25, -0.2) is 14.8 Å². The van der Waals surface area contributed by atoms with Crippen LogP contribution in [0.25, 0.3) is 0 Å². The number of aromatic nitrogens is 6. The average Bonchev–Trinajstić information content (AvgIpc) is 3.76. The molecule has 2 aromatic carbocycles. The van der Waals surface area contributed by atoms with Crippen molar-refractivity contribution in [3.63, 3.8) is 0 Å². The number of halogens is 4. The Bertz CT molecular complexity index is 2070. The maximum atomic E-state index is 12.5. The quantitative estimate of drug-likeness (QED) is 0.103. The van der Waals surface area contributed by atoms with Crippen LogP contribution in [0.1, 0.15) is 85.1 Å². The van der Waals surface area contributed by atoms with Gasteiger partial charge in [-0.15, -0.1) is 0 Å². The topological polar surface area (TPSA) is 119 Å². The minimum atomic E-state index is -0.838. The zero-order valence-electron chi connectivity index (χ0n) is 29.8. The van der Waals surface area contributed by atoms with Crippen molar-refractivity contribution in [1.82, 2.24) is 29.9 Å². The highest BCUT2D eigenvalue weighted by molar-refractivity contribution is 7.99. The van der Waals surface area contributed by atoms with E-state index >= 15 is 0 Å². The van der Waals surface area contributed by atoms with E-state index < -0.39 is 6.16 Å². The number of benzene rings is 2. The van der Waals surface area contributed by atoms with Crippen LogP contribution in [0.3, 0.4) is 0 Å². The van der Waals surface area contributed by atoms with E-state index in [9.17, 15) is 4.79 Å². The third-order valence-corrected chi connectivity index (χ3v) is 11.0. The number of hydrogen-bond acceptors (Lipinski definition) is 9. The van der Waals surface area contributed by atoms with Crippen LogP contribution in [-0.4, -0.2) is 36.1 Å². The lowest BCUT2D eigenvalue weighted by atomic mass is 10.1. The van der Waals surface area contributed by atoms with Crippen LogP contribution in [-0.2, 0) is 35.5 Å². The number of ether oxygens (including phenoxy) is 2. The van der Waals surface area contributed by atoms with Crippen molar-refractivity contribution in [2.75, 3.05) is 0 Å². The lowest BCUT2D eigenvalue weighted by molar-refractivity contribution is 0.0415. The minimum Gasteiger partial charge on any atom is -0.426 e. The SMILES string of the molecule is CC(C)c1cc(Cc2cnc(COC(=O)OCc3ncc(Cc4cc(C(C)C)ncc4Sc4cc(Cl)cc(Cl)c4)[nH]3)[nH]2)c(Sc2cc(Cl)cc(Cl)c2)cn1. The molecule has 0 aliphatic rings. The van der Waals surface area contributed by atoms with Crippen LogP contribution >= 0.6 is 69.9 Å². The first-order chi connectivity index (χ1) is 25.9. The maximum Gasteiger partial charge on any atom is 0.509 e. The first-order valence-electron chi connectivity index (χ1n) is 17.0. The molecular formula is C39H36Cl4N6O3S2. The van der Waals surface area contributed by atoms with E-state index in [0.717, 1.165) is 53.5 Å². The minimum absolute atomic E-state index is 0.0864. The number of H-pyrrole nitrogens is 2. The predicted molar refractivity (Wildman–Crippen MR) is 216 cm³/mol. The van der Waals surface area contributed by atoms with E-state index in [-0.39, 0.29) is 25.0 Å². The average molecular weight is 843 g/mol. The fourth-order valence-corrected chi connectivity index (χ4v) is 8.67. The summed E-state index contributed by atoms with van der Waals surface area (Å²) >= 11 is 28.1. The molecule has 0 atom stereocenters. The van der Waals surface area contributed by atoms with Crippen molar-refractivity contribution in [3.8, 4) is 0 Å². The van der Waals surface area contributed by atoms with Gasteiger partial charge in [-0.2, -0.15) is 0 Å². The van der Waals surface area contributed by atoms with Gasteiger partial charge in [-0.1, -0.05) is 97.6 Å². The highest BCUT2D eigenvalue weighted by Gasteiger charge is 2.16. The summed E-state index contributed by atoms with van der Waals surface area (Å²) in [5, 5.41) is 2.26. The molecule has 15 heteroatoms. The molecule has 0 aliphatic heterocycles. The summed E-state index contributed by atoms with van der Waals surface area (Å²) in [5.74, 6) is 1.49. The molecule has 0 aliphatic carbocycles. The third-order valence-electron chi connectivity index (χ3n) is 8.03. The Balaban J connectivity index is 1.04. The summed E-state index contributed by atoms with van der Waals surface area (Å²) in [7, 11) is 0. The number of nitrogens with one attached hydrogen (secondary N) is 2. The molecule has 0 bridgehead atoms. The highest BCUT2D eigenvalue weighted by atomic mass is 35.5. The Morgan fingerprint density at radius 1 is 0.593 bits per heavy atom. The highest BCUT2D eigenvalue weighted by Crippen LogP contribution is 2.37. The maximum absolute atomic E-state index is 12.5. The Kier molecular flexibility index (Phi) is 13.5. The van der Waals surface area contributed by atoms with Crippen molar-refractivity contribution in [3.05, 3.63) is 139 Å². The van der Waals surface area contributed by atoms with Gasteiger partial charge in [-0.3, -0.25) is 9.97 Å². The number of carbonyl (C=O) groups excluding carboxylic acids is 1. The summed E-state index contributed by atoms with van der Waals surface area (Å²) in [5.41, 5.74) is 5.79. The number of rotatable bonds is 14. The number of imidazole rings is 2. The largest absolute Gasteiger partial charge is 0.509 e. The second kappa shape index (κ2) is 18.3. The molecule has 4 aromatic heterocycles. The number of carbonyl (C=O) groups is 1. The van der Waals surface area contributed by atoms with Gasteiger partial charge in [0.25, 0.3) is 0 Å². The Labute approximate surface area is 342 Å². The smallest absolute Gasteiger partial charge is 0.426 e.